The van der Waals surface area contributed by atoms with Crippen molar-refractivity contribution in [1.82, 2.24) is 0 Å². The summed E-state index contributed by atoms with van der Waals surface area (Å²) in [6.07, 6.45) is 0. The molecule has 0 saturated heterocycles. The normalized spacial score (nSPS) is 7.62. The van der Waals surface area contributed by atoms with E-state index in [1.165, 1.54) is 0 Å². The first-order valence-electron chi connectivity index (χ1n) is 3.69. The number of benzene rings is 1. The third-order valence-corrected chi connectivity index (χ3v) is 1.71. The topological polar surface area (TPSA) is 47.6 Å². The molecule has 2 heteroatoms. The van der Waals surface area contributed by atoms with Crippen LogP contribution in [0, 0.1) is 41.4 Å². The van der Waals surface area contributed by atoms with Gasteiger partial charge in [-0.3, -0.25) is 0 Å². The summed E-state index contributed by atoms with van der Waals surface area (Å²) in [4.78, 5) is 0. The molecule has 0 unspecified atom stereocenters. The molecular weight excluding hydrogens is 160 g/mol. The molecule has 0 atom stereocenters. The highest BCUT2D eigenvalue weighted by Gasteiger charge is 1.99. The number of rotatable bonds is 0. The van der Waals surface area contributed by atoms with Crippen molar-refractivity contribution in [3.05, 3.63) is 34.9 Å². The summed E-state index contributed by atoms with van der Waals surface area (Å²) in [6, 6.07) is 9.08. The lowest BCUT2D eigenvalue weighted by Gasteiger charge is -1.98. The molecule has 13 heavy (non-hydrogen) atoms. The fourth-order valence-corrected chi connectivity index (χ4v) is 0.987. The Hall–Kier alpha value is -2.24. The summed E-state index contributed by atoms with van der Waals surface area (Å²) in [5.74, 6) is 4.98. The number of hydrogen-bond acceptors (Lipinski definition) is 2. The summed E-state index contributed by atoms with van der Waals surface area (Å²) in [5, 5.41) is 17.0. The average molecular weight is 166 g/mol. The first kappa shape index (κ1) is 8.85. The molecule has 0 heterocycles. The largest absolute Gasteiger partial charge is 0.192 e. The zero-order valence-electron chi connectivity index (χ0n) is 7.13. The first-order chi connectivity index (χ1) is 6.29. The van der Waals surface area contributed by atoms with Crippen molar-refractivity contribution in [1.29, 1.82) is 10.5 Å². The van der Waals surface area contributed by atoms with Crippen LogP contribution in [0.25, 0.3) is 0 Å². The average Bonchev–Trinajstić information content (AvgIpc) is 2.16. The molecule has 0 aliphatic heterocycles. The Labute approximate surface area is 77.0 Å². The summed E-state index contributed by atoms with van der Waals surface area (Å²) < 4.78 is 0. The second-order valence-electron chi connectivity index (χ2n) is 2.45. The molecule has 0 aromatic heterocycles. The van der Waals surface area contributed by atoms with Crippen molar-refractivity contribution in [2.24, 2.45) is 0 Å². The van der Waals surface area contributed by atoms with Crippen LogP contribution in [0.15, 0.2) is 18.2 Å². The molecule has 0 saturated carbocycles. The molecule has 0 radical (unpaired) electrons. The van der Waals surface area contributed by atoms with E-state index in [1.807, 2.05) is 6.92 Å². The van der Waals surface area contributed by atoms with Crippen molar-refractivity contribution in [2.75, 3.05) is 0 Å². The SMILES string of the molecule is Cc1c(C#N)cccc1C#CC#N. The van der Waals surface area contributed by atoms with Crippen molar-refractivity contribution >= 4 is 0 Å². The van der Waals surface area contributed by atoms with E-state index in [0.717, 1.165) is 11.1 Å². The Kier molecular flexibility index (Phi) is 2.69. The van der Waals surface area contributed by atoms with Crippen LogP contribution in [0.1, 0.15) is 16.7 Å². The Bertz CT molecular complexity index is 462. The van der Waals surface area contributed by atoms with Crippen LogP contribution < -0.4 is 0 Å². The van der Waals surface area contributed by atoms with Gasteiger partial charge in [0.1, 0.15) is 0 Å². The summed E-state index contributed by atoms with van der Waals surface area (Å²) >= 11 is 0. The van der Waals surface area contributed by atoms with Gasteiger partial charge >= 0.3 is 0 Å². The Morgan fingerprint density at radius 3 is 2.46 bits per heavy atom. The lowest BCUT2D eigenvalue weighted by atomic mass is 10.0. The third kappa shape index (κ3) is 1.86. The number of nitriles is 2. The van der Waals surface area contributed by atoms with Gasteiger partial charge < -0.3 is 0 Å². The molecule has 0 amide bonds. The molecule has 0 bridgehead atoms. The Balaban J connectivity index is 3.28. The minimum absolute atomic E-state index is 0.602. The van der Waals surface area contributed by atoms with Crippen LogP contribution in [0.5, 0.6) is 0 Å². The summed E-state index contributed by atoms with van der Waals surface area (Å²) in [6.45, 7) is 1.82. The maximum atomic E-state index is 8.71. The molecule has 0 aliphatic carbocycles. The summed E-state index contributed by atoms with van der Waals surface area (Å²) in [5.41, 5.74) is 2.16. The molecule has 0 N–H and O–H groups in total. The van der Waals surface area contributed by atoms with Gasteiger partial charge in [-0.05, 0) is 24.6 Å². The van der Waals surface area contributed by atoms with E-state index < -0.39 is 0 Å². The zero-order valence-corrected chi connectivity index (χ0v) is 7.13. The standard InChI is InChI=1S/C11H6N2/c1-9-10(6-3-7-12)4-2-5-11(9)8-13/h2,4-5H,1H3. The van der Waals surface area contributed by atoms with Gasteiger partial charge in [0.05, 0.1) is 11.6 Å². The van der Waals surface area contributed by atoms with Gasteiger partial charge in [0.25, 0.3) is 0 Å². The van der Waals surface area contributed by atoms with Gasteiger partial charge in [0, 0.05) is 11.5 Å². The fraction of sp³-hybridized carbons (Fsp3) is 0.0909. The second-order valence-corrected chi connectivity index (χ2v) is 2.45. The lowest BCUT2D eigenvalue weighted by molar-refractivity contribution is 1.37. The van der Waals surface area contributed by atoms with Gasteiger partial charge in [-0.2, -0.15) is 10.5 Å². The van der Waals surface area contributed by atoms with Crippen LogP contribution in [0.3, 0.4) is 0 Å². The maximum absolute atomic E-state index is 8.71. The van der Waals surface area contributed by atoms with Gasteiger partial charge in [-0.1, -0.05) is 12.0 Å². The molecule has 0 aliphatic rings. The second kappa shape index (κ2) is 3.96. The molecule has 2 nitrogen and oxygen atoms in total. The van der Waals surface area contributed by atoms with E-state index in [0.29, 0.717) is 5.56 Å². The quantitative estimate of drug-likeness (QED) is 0.551. The smallest absolute Gasteiger partial charge is 0.152 e. The van der Waals surface area contributed by atoms with Gasteiger partial charge in [-0.25, -0.2) is 0 Å². The highest BCUT2D eigenvalue weighted by molar-refractivity contribution is 5.50. The van der Waals surface area contributed by atoms with Crippen LogP contribution in [-0.2, 0) is 0 Å². The minimum atomic E-state index is 0.602. The predicted octanol–water partition coefficient (Wildman–Crippen LogP) is 1.74. The Morgan fingerprint density at radius 2 is 1.85 bits per heavy atom. The molecular formula is C11H6N2. The van der Waals surface area contributed by atoms with Crippen molar-refractivity contribution < 1.29 is 0 Å². The van der Waals surface area contributed by atoms with E-state index in [-0.39, 0.29) is 0 Å². The van der Waals surface area contributed by atoms with Crippen LogP contribution in [-0.4, -0.2) is 0 Å². The molecule has 0 spiro atoms. The lowest BCUT2D eigenvalue weighted by Crippen LogP contribution is -1.86. The van der Waals surface area contributed by atoms with Crippen LogP contribution in [0.4, 0.5) is 0 Å². The first-order valence-corrected chi connectivity index (χ1v) is 3.69. The maximum Gasteiger partial charge on any atom is 0.152 e. The van der Waals surface area contributed by atoms with Crippen LogP contribution in [0.2, 0.25) is 0 Å². The molecule has 1 aromatic rings. The minimum Gasteiger partial charge on any atom is -0.192 e. The van der Waals surface area contributed by atoms with Gasteiger partial charge in [-0.15, -0.1) is 0 Å². The van der Waals surface area contributed by atoms with Gasteiger partial charge in [0.15, 0.2) is 6.07 Å². The third-order valence-electron chi connectivity index (χ3n) is 1.71. The van der Waals surface area contributed by atoms with E-state index >= 15 is 0 Å². The summed E-state index contributed by atoms with van der Waals surface area (Å²) in [7, 11) is 0. The molecule has 1 rings (SSSR count). The van der Waals surface area contributed by atoms with E-state index in [4.69, 9.17) is 10.5 Å². The van der Waals surface area contributed by atoms with E-state index in [9.17, 15) is 0 Å². The fourth-order valence-electron chi connectivity index (χ4n) is 0.987. The monoisotopic (exact) mass is 166 g/mol. The molecule has 1 aromatic carbocycles. The highest BCUT2D eigenvalue weighted by Crippen LogP contribution is 2.11. The van der Waals surface area contributed by atoms with E-state index in [2.05, 4.69) is 17.9 Å². The van der Waals surface area contributed by atoms with E-state index in [1.54, 1.807) is 24.3 Å². The highest BCUT2D eigenvalue weighted by atomic mass is 14.2. The van der Waals surface area contributed by atoms with Gasteiger partial charge in [0.2, 0.25) is 0 Å². The molecule has 0 fully saturated rings. The number of nitrogens with zero attached hydrogens (tertiary/aromatic N) is 2. The number of hydrogen-bond donors (Lipinski definition) is 0. The van der Waals surface area contributed by atoms with Crippen molar-refractivity contribution in [3.8, 4) is 24.0 Å². The molecule has 60 valence electrons. The zero-order chi connectivity index (χ0) is 9.68. The Morgan fingerprint density at radius 1 is 1.15 bits per heavy atom. The predicted molar refractivity (Wildman–Crippen MR) is 48.4 cm³/mol. The van der Waals surface area contributed by atoms with Crippen LogP contribution >= 0.6 is 0 Å². The van der Waals surface area contributed by atoms with Crippen molar-refractivity contribution in [3.63, 3.8) is 0 Å². The van der Waals surface area contributed by atoms with Crippen molar-refractivity contribution in [2.45, 2.75) is 6.92 Å².